The van der Waals surface area contributed by atoms with Crippen LogP contribution in [0, 0.1) is 0 Å². The van der Waals surface area contributed by atoms with Gasteiger partial charge in [-0.25, -0.2) is 4.79 Å². The summed E-state index contributed by atoms with van der Waals surface area (Å²) in [6.07, 6.45) is 3.58. The molecule has 1 saturated heterocycles. The summed E-state index contributed by atoms with van der Waals surface area (Å²) in [5.74, 6) is -1.59. The van der Waals surface area contributed by atoms with Gasteiger partial charge in [0.2, 0.25) is 5.91 Å². The van der Waals surface area contributed by atoms with Crippen LogP contribution in [0.4, 0.5) is 5.69 Å². The fraction of sp³-hybridized carbons (Fsp3) is 0.350. The van der Waals surface area contributed by atoms with Crippen LogP contribution in [0.3, 0.4) is 0 Å². The highest BCUT2D eigenvalue weighted by atomic mass is 16.5. The van der Waals surface area contributed by atoms with Crippen LogP contribution < -0.4 is 5.32 Å². The molecule has 8 nitrogen and oxygen atoms in total. The number of anilines is 1. The fourth-order valence-electron chi connectivity index (χ4n) is 3.35. The van der Waals surface area contributed by atoms with Crippen molar-refractivity contribution in [3.05, 3.63) is 53.5 Å². The summed E-state index contributed by atoms with van der Waals surface area (Å²) >= 11 is 0. The van der Waals surface area contributed by atoms with Gasteiger partial charge in [0.25, 0.3) is 5.91 Å². The van der Waals surface area contributed by atoms with Crippen molar-refractivity contribution in [2.75, 3.05) is 19.0 Å². The highest BCUT2D eigenvalue weighted by Gasteiger charge is 2.33. The number of hydrogen-bond acceptors (Lipinski definition) is 5. The third kappa shape index (κ3) is 4.40. The smallest absolute Gasteiger partial charge is 0.335 e. The van der Waals surface area contributed by atoms with Gasteiger partial charge >= 0.3 is 5.97 Å². The molecule has 1 fully saturated rings. The molecule has 2 amide bonds. The quantitative estimate of drug-likeness (QED) is 0.790. The van der Waals surface area contributed by atoms with E-state index in [9.17, 15) is 19.5 Å². The molecule has 148 valence electrons. The van der Waals surface area contributed by atoms with Gasteiger partial charge in [-0.1, -0.05) is 0 Å². The van der Waals surface area contributed by atoms with Crippen LogP contribution in [-0.2, 0) is 16.1 Å². The van der Waals surface area contributed by atoms with E-state index in [1.807, 2.05) is 0 Å². The average Bonchev–Trinajstić information content (AvgIpc) is 3.22. The van der Waals surface area contributed by atoms with Crippen molar-refractivity contribution in [1.29, 1.82) is 0 Å². The summed E-state index contributed by atoms with van der Waals surface area (Å²) in [6.45, 7) is 0.679. The van der Waals surface area contributed by atoms with Crippen LogP contribution >= 0.6 is 0 Å². The molecule has 0 saturated carbocycles. The van der Waals surface area contributed by atoms with Crippen LogP contribution in [0.25, 0.3) is 0 Å². The van der Waals surface area contributed by atoms with Gasteiger partial charge in [-0.05, 0) is 55.2 Å². The zero-order chi connectivity index (χ0) is 20.1. The molecule has 0 radical (unpaired) electrons. The minimum atomic E-state index is -1.10. The first-order valence-electron chi connectivity index (χ1n) is 9.01. The summed E-state index contributed by atoms with van der Waals surface area (Å²) in [4.78, 5) is 38.4. The first-order valence-corrected chi connectivity index (χ1v) is 9.01. The number of hydrogen-bond donors (Lipinski definition) is 2. The van der Waals surface area contributed by atoms with Gasteiger partial charge < -0.3 is 24.5 Å². The molecule has 1 aromatic carbocycles. The van der Waals surface area contributed by atoms with E-state index >= 15 is 0 Å². The Morgan fingerprint density at radius 1 is 1.29 bits per heavy atom. The van der Waals surface area contributed by atoms with Crippen molar-refractivity contribution in [1.82, 2.24) is 4.90 Å². The second-order valence-corrected chi connectivity index (χ2v) is 6.63. The zero-order valence-electron chi connectivity index (χ0n) is 15.5. The monoisotopic (exact) mass is 386 g/mol. The minimum Gasteiger partial charge on any atom is -0.478 e. The number of carbonyl (C=O) groups excluding carboxylic acids is 2. The number of amides is 2. The summed E-state index contributed by atoms with van der Waals surface area (Å²) in [5, 5.41) is 12.0. The van der Waals surface area contributed by atoms with Gasteiger partial charge in [-0.3, -0.25) is 9.59 Å². The average molecular weight is 386 g/mol. The number of nitrogens with zero attached hydrogens (tertiary/aromatic N) is 1. The van der Waals surface area contributed by atoms with Crippen molar-refractivity contribution in [2.45, 2.75) is 31.9 Å². The number of carbonyl (C=O) groups is 3. The van der Waals surface area contributed by atoms with Crippen molar-refractivity contribution >= 4 is 23.5 Å². The lowest BCUT2D eigenvalue weighted by Crippen LogP contribution is -2.49. The molecule has 0 bridgehead atoms. The lowest BCUT2D eigenvalue weighted by molar-refractivity contribution is -0.121. The maximum atomic E-state index is 12.9. The summed E-state index contributed by atoms with van der Waals surface area (Å²) < 4.78 is 10.2. The molecular formula is C20H22N2O6. The SMILES string of the molecule is COCc1cc(NC(=O)C2CCCCN2C(=O)c2ccco2)cc(C(=O)O)c1. The second-order valence-electron chi connectivity index (χ2n) is 6.63. The molecule has 0 spiro atoms. The number of piperidine rings is 1. The van der Waals surface area contributed by atoms with E-state index in [2.05, 4.69) is 5.32 Å². The number of rotatable bonds is 6. The molecule has 8 heteroatoms. The highest BCUT2D eigenvalue weighted by molar-refractivity contribution is 6.01. The van der Waals surface area contributed by atoms with E-state index < -0.39 is 12.0 Å². The Balaban J connectivity index is 1.80. The van der Waals surface area contributed by atoms with Crippen molar-refractivity contribution in [3.8, 4) is 0 Å². The molecule has 1 aliphatic heterocycles. The van der Waals surface area contributed by atoms with Gasteiger partial charge in [0, 0.05) is 19.3 Å². The summed E-state index contributed by atoms with van der Waals surface area (Å²) in [6, 6.07) is 7.09. The number of likely N-dealkylation sites (tertiary alicyclic amines) is 1. The van der Waals surface area contributed by atoms with E-state index in [0.717, 1.165) is 12.8 Å². The normalized spacial score (nSPS) is 16.6. The third-order valence-electron chi connectivity index (χ3n) is 4.62. The van der Waals surface area contributed by atoms with Gasteiger partial charge in [0.15, 0.2) is 5.76 Å². The molecule has 2 heterocycles. The van der Waals surface area contributed by atoms with Crippen molar-refractivity contribution < 1.29 is 28.6 Å². The minimum absolute atomic E-state index is 0.0528. The van der Waals surface area contributed by atoms with Crippen LogP contribution in [0.2, 0.25) is 0 Å². The Kier molecular flexibility index (Phi) is 6.10. The van der Waals surface area contributed by atoms with Crippen LogP contribution in [-0.4, -0.2) is 47.5 Å². The molecular weight excluding hydrogens is 364 g/mol. The largest absolute Gasteiger partial charge is 0.478 e. The number of carboxylic acids is 1. The van der Waals surface area contributed by atoms with Crippen LogP contribution in [0.15, 0.2) is 41.0 Å². The van der Waals surface area contributed by atoms with E-state index in [0.29, 0.717) is 24.2 Å². The first-order chi connectivity index (χ1) is 13.5. The van der Waals surface area contributed by atoms with Gasteiger partial charge in [-0.15, -0.1) is 0 Å². The molecule has 1 aliphatic rings. The number of nitrogens with one attached hydrogen (secondary N) is 1. The number of aromatic carboxylic acids is 1. The lowest BCUT2D eigenvalue weighted by Gasteiger charge is -2.34. The standard InChI is InChI=1S/C20H22N2O6/c1-27-12-13-9-14(20(25)26)11-15(10-13)21-18(23)16-5-2-3-7-22(16)19(24)17-6-4-8-28-17/h4,6,8-11,16H,2-3,5,7,12H2,1H3,(H,21,23)(H,25,26). The Morgan fingerprint density at radius 3 is 2.79 bits per heavy atom. The number of methoxy groups -OCH3 is 1. The molecule has 1 atom stereocenters. The second kappa shape index (κ2) is 8.71. The molecule has 2 N–H and O–H groups in total. The predicted molar refractivity (Wildman–Crippen MR) is 100 cm³/mol. The van der Waals surface area contributed by atoms with E-state index in [1.165, 1.54) is 30.4 Å². The van der Waals surface area contributed by atoms with E-state index in [4.69, 9.17) is 9.15 Å². The van der Waals surface area contributed by atoms with Gasteiger partial charge in [0.05, 0.1) is 18.4 Å². The molecule has 1 aromatic heterocycles. The molecule has 0 aliphatic carbocycles. The highest BCUT2D eigenvalue weighted by Crippen LogP contribution is 2.23. The number of furan rings is 1. The topological polar surface area (TPSA) is 109 Å². The number of ether oxygens (including phenoxy) is 1. The van der Waals surface area contributed by atoms with Crippen LogP contribution in [0.1, 0.15) is 45.7 Å². The Hall–Kier alpha value is -3.13. The summed E-state index contributed by atoms with van der Waals surface area (Å²) in [7, 11) is 1.51. The van der Waals surface area contributed by atoms with Gasteiger partial charge in [0.1, 0.15) is 6.04 Å². The predicted octanol–water partition coefficient (Wildman–Crippen LogP) is 2.76. The Labute approximate surface area is 162 Å². The molecule has 28 heavy (non-hydrogen) atoms. The van der Waals surface area contributed by atoms with E-state index in [-0.39, 0.29) is 29.7 Å². The third-order valence-corrected chi connectivity index (χ3v) is 4.62. The molecule has 2 aromatic rings. The summed E-state index contributed by atoms with van der Waals surface area (Å²) in [5.41, 5.74) is 1.04. The van der Waals surface area contributed by atoms with E-state index in [1.54, 1.807) is 18.2 Å². The zero-order valence-corrected chi connectivity index (χ0v) is 15.5. The molecule has 1 unspecified atom stereocenters. The maximum Gasteiger partial charge on any atom is 0.335 e. The number of benzene rings is 1. The first kappa shape index (κ1) is 19.6. The van der Waals surface area contributed by atoms with Gasteiger partial charge in [-0.2, -0.15) is 0 Å². The lowest BCUT2D eigenvalue weighted by atomic mass is 10.0. The number of carboxylic acid groups (broad SMARTS) is 1. The Morgan fingerprint density at radius 2 is 2.11 bits per heavy atom. The molecule has 3 rings (SSSR count). The Bertz CT molecular complexity index is 862. The maximum absolute atomic E-state index is 12.9. The van der Waals surface area contributed by atoms with Crippen molar-refractivity contribution in [2.24, 2.45) is 0 Å². The van der Waals surface area contributed by atoms with Crippen molar-refractivity contribution in [3.63, 3.8) is 0 Å². The fourth-order valence-corrected chi connectivity index (χ4v) is 3.35. The van der Waals surface area contributed by atoms with Crippen LogP contribution in [0.5, 0.6) is 0 Å².